The van der Waals surface area contributed by atoms with Crippen LogP contribution in [0.5, 0.6) is 0 Å². The van der Waals surface area contributed by atoms with Crippen LogP contribution in [0.2, 0.25) is 0 Å². The number of benzene rings is 3. The zero-order chi connectivity index (χ0) is 29.7. The number of halogens is 4. The molecule has 0 radical (unpaired) electrons. The van der Waals surface area contributed by atoms with Crippen LogP contribution in [0.25, 0.3) is 22.3 Å². The van der Waals surface area contributed by atoms with E-state index >= 15 is 0 Å². The summed E-state index contributed by atoms with van der Waals surface area (Å²) in [5.74, 6) is -2.56. The summed E-state index contributed by atoms with van der Waals surface area (Å²) in [7, 11) is 0. The minimum absolute atomic E-state index is 0.0811. The van der Waals surface area contributed by atoms with Crippen molar-refractivity contribution in [1.29, 1.82) is 0 Å². The Morgan fingerprint density at radius 3 is 1.68 bits per heavy atom. The molecule has 3 aromatic carbocycles. The number of rotatable bonds is 12. The predicted octanol–water partition coefficient (Wildman–Crippen LogP) is 10.9. The summed E-state index contributed by atoms with van der Waals surface area (Å²) in [6, 6.07) is 21.2. The van der Waals surface area contributed by atoms with Crippen molar-refractivity contribution < 1.29 is 22.3 Å². The quantitative estimate of drug-likeness (QED) is 0.160. The van der Waals surface area contributed by atoms with E-state index in [1.165, 1.54) is 0 Å². The molecule has 0 aromatic heterocycles. The van der Waals surface area contributed by atoms with Crippen LogP contribution in [-0.2, 0) is 4.74 Å². The van der Waals surface area contributed by atoms with Crippen molar-refractivity contribution in [3.8, 4) is 22.3 Å². The maximum Gasteiger partial charge on any atom is 0.167 e. The fraction of sp³-hybridized carbons (Fsp3) is 0.314. The van der Waals surface area contributed by atoms with Gasteiger partial charge in [-0.1, -0.05) is 107 Å². The number of ether oxygens (including phenoxy) is 1. The summed E-state index contributed by atoms with van der Waals surface area (Å²) in [5, 5.41) is 0. The summed E-state index contributed by atoms with van der Waals surface area (Å²) >= 11 is 0. The van der Waals surface area contributed by atoms with Gasteiger partial charge < -0.3 is 4.74 Å². The lowest BCUT2D eigenvalue weighted by Crippen LogP contribution is -2.16. The van der Waals surface area contributed by atoms with Gasteiger partial charge in [-0.3, -0.25) is 0 Å². The maximum absolute atomic E-state index is 14.3. The van der Waals surface area contributed by atoms with Gasteiger partial charge in [0.05, 0.1) is 0 Å². The molecule has 3 unspecified atom stereocenters. The van der Waals surface area contributed by atoms with Gasteiger partial charge in [0.2, 0.25) is 0 Å². The van der Waals surface area contributed by atoms with Crippen LogP contribution in [0.3, 0.4) is 0 Å². The summed E-state index contributed by atoms with van der Waals surface area (Å²) in [5.41, 5.74) is 2.12. The van der Waals surface area contributed by atoms with Crippen LogP contribution in [0, 0.1) is 29.4 Å². The highest BCUT2D eigenvalue weighted by Crippen LogP contribution is 2.31. The Balaban J connectivity index is 0.000000280. The maximum atomic E-state index is 14.3. The van der Waals surface area contributed by atoms with Gasteiger partial charge in [0, 0.05) is 24.3 Å². The second kappa shape index (κ2) is 16.6. The molecule has 0 heterocycles. The van der Waals surface area contributed by atoms with E-state index in [1.54, 1.807) is 60.7 Å². The first kappa shape index (κ1) is 32.8. The van der Waals surface area contributed by atoms with Crippen molar-refractivity contribution in [3.05, 3.63) is 121 Å². The number of hydrogen-bond acceptors (Lipinski definition) is 1. The first-order valence-electron chi connectivity index (χ1n) is 13.7. The standard InChI is InChI=1S/C18H12F2.C17H28F2O/c19-17-15(13-7-3-1-4-8-13)11-12-16(18(17)20)14-9-5-2-6-10-14;1-7-16(18)17(19)15(6)13(4)10-9-12(3)14(5)11-20-8-2/h1-12H;7,12-14H,1,6,8-11H2,2-5H3/b;17-16-. The van der Waals surface area contributed by atoms with E-state index in [9.17, 15) is 17.6 Å². The van der Waals surface area contributed by atoms with Crippen molar-refractivity contribution >= 4 is 0 Å². The summed E-state index contributed by atoms with van der Waals surface area (Å²) in [6.45, 7) is 16.5. The first-order valence-corrected chi connectivity index (χ1v) is 13.7. The van der Waals surface area contributed by atoms with E-state index in [2.05, 4.69) is 27.0 Å². The molecule has 1 nitrogen and oxygen atoms in total. The van der Waals surface area contributed by atoms with Crippen LogP contribution >= 0.6 is 0 Å². The molecular weight excluding hydrogens is 512 g/mol. The largest absolute Gasteiger partial charge is 0.381 e. The predicted molar refractivity (Wildman–Crippen MR) is 159 cm³/mol. The number of allylic oxidation sites excluding steroid dienone is 4. The van der Waals surface area contributed by atoms with Crippen molar-refractivity contribution in [2.45, 2.75) is 40.5 Å². The topological polar surface area (TPSA) is 9.23 Å². The minimum Gasteiger partial charge on any atom is -0.381 e. The molecule has 0 bridgehead atoms. The summed E-state index contributed by atoms with van der Waals surface area (Å²) in [6.07, 6.45) is 2.60. The molecule has 0 aliphatic heterocycles. The second-order valence-corrected chi connectivity index (χ2v) is 10.0. The lowest BCUT2D eigenvalue weighted by atomic mass is 9.87. The monoisotopic (exact) mass is 552 g/mol. The molecule has 0 N–H and O–H groups in total. The van der Waals surface area contributed by atoms with E-state index in [4.69, 9.17) is 4.74 Å². The van der Waals surface area contributed by atoms with Gasteiger partial charge in [0.1, 0.15) is 0 Å². The molecule has 0 aliphatic rings. The molecular formula is C35H40F4O. The van der Waals surface area contributed by atoms with Gasteiger partial charge in [-0.15, -0.1) is 0 Å². The zero-order valence-corrected chi connectivity index (χ0v) is 23.9. The van der Waals surface area contributed by atoms with Crippen LogP contribution in [0.4, 0.5) is 17.6 Å². The van der Waals surface area contributed by atoms with Crippen LogP contribution in [0.15, 0.2) is 109 Å². The van der Waals surface area contributed by atoms with E-state index in [1.807, 2.05) is 26.0 Å². The highest BCUT2D eigenvalue weighted by Gasteiger charge is 2.18. The Morgan fingerprint density at radius 2 is 1.25 bits per heavy atom. The van der Waals surface area contributed by atoms with Gasteiger partial charge in [0.25, 0.3) is 0 Å². The van der Waals surface area contributed by atoms with Gasteiger partial charge in [-0.2, -0.15) is 0 Å². The molecule has 3 atom stereocenters. The Hall–Kier alpha value is -3.44. The Kier molecular flexibility index (Phi) is 13.6. The average Bonchev–Trinajstić information content (AvgIpc) is 2.99. The Bertz CT molecular complexity index is 1190. The molecule has 0 saturated heterocycles. The lowest BCUT2D eigenvalue weighted by molar-refractivity contribution is 0.0936. The van der Waals surface area contributed by atoms with Crippen molar-refractivity contribution in [3.63, 3.8) is 0 Å². The molecule has 0 fully saturated rings. The second-order valence-electron chi connectivity index (χ2n) is 10.0. The Morgan fingerprint density at radius 1 is 0.775 bits per heavy atom. The lowest BCUT2D eigenvalue weighted by Gasteiger charge is -2.22. The minimum atomic E-state index is -0.931. The molecule has 0 amide bonds. The number of hydrogen-bond donors (Lipinski definition) is 0. The van der Waals surface area contributed by atoms with Crippen molar-refractivity contribution in [2.24, 2.45) is 17.8 Å². The highest BCUT2D eigenvalue weighted by molar-refractivity contribution is 5.71. The van der Waals surface area contributed by atoms with E-state index in [0.29, 0.717) is 23.0 Å². The molecule has 0 saturated carbocycles. The van der Waals surface area contributed by atoms with E-state index < -0.39 is 23.3 Å². The average molecular weight is 553 g/mol. The van der Waals surface area contributed by atoms with Gasteiger partial charge in [-0.05, 0) is 60.3 Å². The molecule has 5 heteroatoms. The third-order valence-corrected chi connectivity index (χ3v) is 7.13. The molecule has 3 aromatic rings. The molecule has 214 valence electrons. The third-order valence-electron chi connectivity index (χ3n) is 7.13. The van der Waals surface area contributed by atoms with Crippen molar-refractivity contribution in [2.75, 3.05) is 13.2 Å². The molecule has 3 rings (SSSR count). The zero-order valence-electron chi connectivity index (χ0n) is 23.9. The Labute approximate surface area is 236 Å². The third kappa shape index (κ3) is 9.34. The van der Waals surface area contributed by atoms with Gasteiger partial charge in [0.15, 0.2) is 23.3 Å². The molecule has 0 spiro atoms. The smallest absolute Gasteiger partial charge is 0.167 e. The van der Waals surface area contributed by atoms with Crippen LogP contribution in [-0.4, -0.2) is 13.2 Å². The van der Waals surface area contributed by atoms with Crippen LogP contribution < -0.4 is 0 Å². The summed E-state index contributed by atoms with van der Waals surface area (Å²) < 4.78 is 60.6. The van der Waals surface area contributed by atoms with E-state index in [0.717, 1.165) is 32.1 Å². The van der Waals surface area contributed by atoms with Crippen molar-refractivity contribution in [1.82, 2.24) is 0 Å². The SMILES string of the molecule is C=C/C(F)=C(/F)C(=C)C(C)CCC(C)C(C)COCC.Fc1c(-c2ccccc2)ccc(-c2ccccc2)c1F. The highest BCUT2D eigenvalue weighted by atomic mass is 19.2. The van der Waals surface area contributed by atoms with Gasteiger partial charge >= 0.3 is 0 Å². The van der Waals surface area contributed by atoms with Crippen LogP contribution in [0.1, 0.15) is 40.5 Å². The fourth-order valence-corrected chi connectivity index (χ4v) is 4.13. The fourth-order valence-electron chi connectivity index (χ4n) is 4.13. The van der Waals surface area contributed by atoms with E-state index in [-0.39, 0.29) is 22.6 Å². The molecule has 40 heavy (non-hydrogen) atoms. The normalized spacial score (nSPS) is 13.8. The summed E-state index contributed by atoms with van der Waals surface area (Å²) in [4.78, 5) is 0. The molecule has 0 aliphatic carbocycles. The van der Waals surface area contributed by atoms with Gasteiger partial charge in [-0.25, -0.2) is 17.6 Å². The first-order chi connectivity index (χ1) is 19.1.